The zero-order chi connectivity index (χ0) is 7.49. The summed E-state index contributed by atoms with van der Waals surface area (Å²) in [6.07, 6.45) is 0. The summed E-state index contributed by atoms with van der Waals surface area (Å²) in [7, 11) is 0. The van der Waals surface area contributed by atoms with E-state index < -0.39 is 0 Å². The Bertz CT molecular complexity index is 79.0. The highest BCUT2D eigenvalue weighted by Crippen LogP contribution is 2.29. The van der Waals surface area contributed by atoms with Crippen LogP contribution in [0.4, 0.5) is 0 Å². The van der Waals surface area contributed by atoms with Crippen LogP contribution < -0.4 is 0 Å². The van der Waals surface area contributed by atoms with Gasteiger partial charge in [-0.05, 0) is 19.1 Å². The van der Waals surface area contributed by atoms with Crippen LogP contribution in [0.3, 0.4) is 0 Å². The van der Waals surface area contributed by atoms with Crippen molar-refractivity contribution in [1.82, 2.24) is 0 Å². The van der Waals surface area contributed by atoms with Gasteiger partial charge in [-0.3, -0.25) is 0 Å². The van der Waals surface area contributed by atoms with E-state index >= 15 is 0 Å². The number of thioether (sulfide) groups is 1. The quantitative estimate of drug-likeness (QED) is 0.581. The van der Waals surface area contributed by atoms with E-state index in [1.165, 1.54) is 0 Å². The van der Waals surface area contributed by atoms with Gasteiger partial charge in [0.2, 0.25) is 0 Å². The Balaban J connectivity index is 3.58. The minimum Gasteiger partial charge on any atom is -0.152 e. The maximum atomic E-state index is 5.72. The Hall–Kier alpha value is 0.640. The normalized spacial score (nSPS) is 12.7. The van der Waals surface area contributed by atoms with Crippen molar-refractivity contribution in [3.8, 4) is 0 Å². The van der Waals surface area contributed by atoms with Crippen LogP contribution in [0.15, 0.2) is 0 Å². The molecule has 0 atom stereocenters. The van der Waals surface area contributed by atoms with Crippen LogP contribution >= 0.6 is 23.4 Å². The summed E-state index contributed by atoms with van der Waals surface area (Å²) in [6, 6.07) is 0. The second kappa shape index (κ2) is 3.72. The van der Waals surface area contributed by atoms with Crippen LogP contribution in [0.1, 0.15) is 27.7 Å². The molecule has 0 spiro atoms. The maximum absolute atomic E-state index is 5.72. The smallest absolute Gasteiger partial charge is 0.0365 e. The van der Waals surface area contributed by atoms with Gasteiger partial charge in [-0.25, -0.2) is 0 Å². The van der Waals surface area contributed by atoms with Gasteiger partial charge in [0.05, 0.1) is 0 Å². The molecule has 0 aliphatic heterocycles. The SMILES string of the molecule is CC(C)SC(C)(C)CCl. The molecule has 0 aliphatic carbocycles. The first-order chi connectivity index (χ1) is 3.98. The van der Waals surface area contributed by atoms with E-state index in [4.69, 9.17) is 11.6 Å². The number of rotatable bonds is 3. The summed E-state index contributed by atoms with van der Waals surface area (Å²) in [6.45, 7) is 8.73. The lowest BCUT2D eigenvalue weighted by molar-refractivity contribution is 0.803. The van der Waals surface area contributed by atoms with Crippen molar-refractivity contribution < 1.29 is 0 Å². The van der Waals surface area contributed by atoms with Crippen molar-refractivity contribution in [3.63, 3.8) is 0 Å². The summed E-state index contributed by atoms with van der Waals surface area (Å²) >= 11 is 7.64. The summed E-state index contributed by atoms with van der Waals surface area (Å²) < 4.78 is 0.246. The van der Waals surface area contributed by atoms with Crippen molar-refractivity contribution in [3.05, 3.63) is 0 Å². The number of hydrogen-bond donors (Lipinski definition) is 0. The predicted octanol–water partition coefficient (Wildman–Crippen LogP) is 3.15. The summed E-state index contributed by atoms with van der Waals surface area (Å²) in [5, 5.41) is 0.679. The topological polar surface area (TPSA) is 0 Å². The third-order valence-electron chi connectivity index (χ3n) is 0.877. The number of hydrogen-bond acceptors (Lipinski definition) is 1. The average Bonchev–Trinajstić information content (AvgIpc) is 1.63. The Morgan fingerprint density at radius 3 is 2.00 bits per heavy atom. The third-order valence-corrected chi connectivity index (χ3v) is 2.96. The van der Waals surface area contributed by atoms with Crippen LogP contribution in [0, 0.1) is 0 Å². The summed E-state index contributed by atoms with van der Waals surface area (Å²) in [5.41, 5.74) is 0. The van der Waals surface area contributed by atoms with Crippen LogP contribution in [0.5, 0.6) is 0 Å². The lowest BCUT2D eigenvalue weighted by Gasteiger charge is -2.22. The number of alkyl halides is 1. The lowest BCUT2D eigenvalue weighted by Crippen LogP contribution is -2.19. The molecule has 0 N–H and O–H groups in total. The van der Waals surface area contributed by atoms with E-state index in [1.54, 1.807) is 0 Å². The van der Waals surface area contributed by atoms with Gasteiger partial charge in [-0.15, -0.1) is 11.6 Å². The lowest BCUT2D eigenvalue weighted by atomic mass is 10.2. The van der Waals surface area contributed by atoms with Gasteiger partial charge in [0.15, 0.2) is 0 Å². The minimum absolute atomic E-state index is 0.246. The fourth-order valence-corrected chi connectivity index (χ4v) is 2.20. The molecule has 0 bridgehead atoms. The van der Waals surface area contributed by atoms with E-state index in [1.807, 2.05) is 11.8 Å². The monoisotopic (exact) mass is 166 g/mol. The van der Waals surface area contributed by atoms with Gasteiger partial charge >= 0.3 is 0 Å². The predicted molar refractivity (Wildman–Crippen MR) is 47.5 cm³/mol. The van der Waals surface area contributed by atoms with Gasteiger partial charge in [0, 0.05) is 10.6 Å². The molecule has 9 heavy (non-hydrogen) atoms. The molecular weight excluding hydrogens is 152 g/mol. The molecule has 0 aromatic carbocycles. The fraction of sp³-hybridized carbons (Fsp3) is 1.00. The van der Waals surface area contributed by atoms with Gasteiger partial charge in [0.1, 0.15) is 0 Å². The highest BCUT2D eigenvalue weighted by atomic mass is 35.5. The summed E-state index contributed by atoms with van der Waals surface area (Å²) in [5.74, 6) is 0.732. The van der Waals surface area contributed by atoms with Crippen LogP contribution in [0.2, 0.25) is 0 Å². The molecule has 0 saturated heterocycles. The maximum Gasteiger partial charge on any atom is 0.0365 e. The van der Waals surface area contributed by atoms with Gasteiger partial charge in [-0.2, -0.15) is 11.8 Å². The molecule has 0 aliphatic rings. The second-order valence-corrected chi connectivity index (χ2v) is 5.61. The van der Waals surface area contributed by atoms with Crippen molar-refractivity contribution in [1.29, 1.82) is 0 Å². The minimum atomic E-state index is 0.246. The van der Waals surface area contributed by atoms with Crippen molar-refractivity contribution in [2.45, 2.75) is 37.7 Å². The molecule has 0 radical (unpaired) electrons. The number of halogens is 1. The van der Waals surface area contributed by atoms with E-state index in [0.29, 0.717) is 5.25 Å². The first-order valence-electron chi connectivity index (χ1n) is 3.22. The van der Waals surface area contributed by atoms with E-state index in [-0.39, 0.29) is 4.75 Å². The largest absolute Gasteiger partial charge is 0.152 e. The highest BCUT2D eigenvalue weighted by molar-refractivity contribution is 8.01. The molecular formula is C7H15ClS. The molecule has 56 valence electrons. The summed E-state index contributed by atoms with van der Waals surface area (Å²) in [4.78, 5) is 0. The first-order valence-corrected chi connectivity index (χ1v) is 4.63. The third kappa shape index (κ3) is 5.10. The van der Waals surface area contributed by atoms with Gasteiger partial charge in [-0.1, -0.05) is 13.8 Å². The van der Waals surface area contributed by atoms with Crippen molar-refractivity contribution in [2.24, 2.45) is 0 Å². The molecule has 2 heteroatoms. The van der Waals surface area contributed by atoms with Gasteiger partial charge < -0.3 is 0 Å². The molecule has 0 heterocycles. The molecule has 0 aromatic heterocycles. The average molecular weight is 167 g/mol. The molecule has 0 rings (SSSR count). The van der Waals surface area contributed by atoms with Crippen molar-refractivity contribution in [2.75, 3.05) is 5.88 Å². The fourth-order valence-electron chi connectivity index (χ4n) is 0.670. The molecule has 0 fully saturated rings. The van der Waals surface area contributed by atoms with Crippen LogP contribution in [0.25, 0.3) is 0 Å². The zero-order valence-corrected chi connectivity index (χ0v) is 8.14. The molecule has 0 nitrogen and oxygen atoms in total. The van der Waals surface area contributed by atoms with Crippen LogP contribution in [-0.4, -0.2) is 15.9 Å². The Kier molecular flexibility index (Phi) is 3.99. The Morgan fingerprint density at radius 2 is 1.89 bits per heavy atom. The van der Waals surface area contributed by atoms with Crippen molar-refractivity contribution >= 4 is 23.4 Å². The molecule has 0 unspecified atom stereocenters. The highest BCUT2D eigenvalue weighted by Gasteiger charge is 2.17. The van der Waals surface area contributed by atoms with E-state index in [0.717, 1.165) is 5.88 Å². The molecule has 0 amide bonds. The standard InChI is InChI=1S/C7H15ClS/c1-6(2)9-7(3,4)5-8/h6H,5H2,1-4H3. The zero-order valence-electron chi connectivity index (χ0n) is 6.57. The van der Waals surface area contributed by atoms with Crippen LogP contribution in [-0.2, 0) is 0 Å². The Labute approximate surface area is 67.4 Å². The second-order valence-electron chi connectivity index (χ2n) is 3.06. The van der Waals surface area contributed by atoms with Gasteiger partial charge in [0.25, 0.3) is 0 Å². The first kappa shape index (κ1) is 9.64. The van der Waals surface area contributed by atoms with E-state index in [2.05, 4.69) is 27.7 Å². The Morgan fingerprint density at radius 1 is 1.44 bits per heavy atom. The molecule has 0 saturated carbocycles. The molecule has 0 aromatic rings. The van der Waals surface area contributed by atoms with E-state index in [9.17, 15) is 0 Å².